The summed E-state index contributed by atoms with van der Waals surface area (Å²) in [4.78, 5) is 25.5. The van der Waals surface area contributed by atoms with Crippen LogP contribution in [0.4, 0.5) is 0 Å². The summed E-state index contributed by atoms with van der Waals surface area (Å²) in [6, 6.07) is 17.8. The van der Waals surface area contributed by atoms with Gasteiger partial charge >= 0.3 is 0 Å². The van der Waals surface area contributed by atoms with Crippen LogP contribution >= 0.6 is 0 Å². The molecule has 2 rings (SSSR count). The number of hydrogen-bond acceptors (Lipinski definition) is 2. The van der Waals surface area contributed by atoms with Crippen molar-refractivity contribution in [2.45, 2.75) is 33.4 Å². The first kappa shape index (κ1) is 17.7. The van der Waals surface area contributed by atoms with Gasteiger partial charge in [-0.15, -0.1) is 0 Å². The maximum atomic E-state index is 12.1. The van der Waals surface area contributed by atoms with Crippen LogP contribution in [0.15, 0.2) is 54.6 Å². The molecule has 0 radical (unpaired) electrons. The predicted molar refractivity (Wildman–Crippen MR) is 95.2 cm³/mol. The van der Waals surface area contributed by atoms with Gasteiger partial charge in [-0.25, -0.2) is 0 Å². The summed E-state index contributed by atoms with van der Waals surface area (Å²) in [5.41, 5.74) is 3.33. The minimum Gasteiger partial charge on any atom is -0.352 e. The molecule has 24 heavy (non-hydrogen) atoms. The zero-order valence-corrected chi connectivity index (χ0v) is 14.3. The number of nitrogens with one attached hydrogen (secondary N) is 1. The summed E-state index contributed by atoms with van der Waals surface area (Å²) < 4.78 is 0. The maximum absolute atomic E-state index is 12.1. The Morgan fingerprint density at radius 1 is 1.00 bits per heavy atom. The van der Waals surface area contributed by atoms with E-state index in [0.29, 0.717) is 26.1 Å². The molecule has 2 aromatic rings. The number of hydrogen-bond donors (Lipinski definition) is 1. The van der Waals surface area contributed by atoms with Gasteiger partial charge < -0.3 is 10.2 Å². The molecule has 4 nitrogen and oxygen atoms in total. The number of carbonyl (C=O) groups is 2. The average molecular weight is 324 g/mol. The van der Waals surface area contributed by atoms with Gasteiger partial charge in [-0.1, -0.05) is 54.6 Å². The van der Waals surface area contributed by atoms with Gasteiger partial charge in [0.25, 0.3) is 0 Å². The van der Waals surface area contributed by atoms with E-state index in [9.17, 15) is 9.59 Å². The largest absolute Gasteiger partial charge is 0.352 e. The number of nitrogens with zero attached hydrogens (tertiary/aromatic N) is 1. The van der Waals surface area contributed by atoms with E-state index >= 15 is 0 Å². The van der Waals surface area contributed by atoms with Crippen molar-refractivity contribution in [2.75, 3.05) is 6.54 Å². The van der Waals surface area contributed by atoms with Crippen LogP contribution in [0.5, 0.6) is 0 Å². The lowest BCUT2D eigenvalue weighted by molar-refractivity contribution is -0.130. The van der Waals surface area contributed by atoms with Crippen molar-refractivity contribution in [3.63, 3.8) is 0 Å². The van der Waals surface area contributed by atoms with Gasteiger partial charge in [0.05, 0.1) is 0 Å². The summed E-state index contributed by atoms with van der Waals surface area (Å²) in [5.74, 6) is -0.0666. The predicted octanol–water partition coefficient (Wildman–Crippen LogP) is 3.05. The van der Waals surface area contributed by atoms with E-state index < -0.39 is 0 Å². The second kappa shape index (κ2) is 8.87. The Labute approximate surface area is 143 Å². The molecule has 0 bridgehead atoms. The third kappa shape index (κ3) is 5.54. The minimum atomic E-state index is -0.0439. The molecule has 0 fully saturated rings. The highest BCUT2D eigenvalue weighted by Gasteiger charge is 2.12. The molecule has 0 unspecified atom stereocenters. The zero-order chi connectivity index (χ0) is 17.4. The number of rotatable bonds is 7. The highest BCUT2D eigenvalue weighted by molar-refractivity contribution is 5.78. The average Bonchev–Trinajstić information content (AvgIpc) is 2.58. The first-order valence-corrected chi connectivity index (χ1v) is 8.17. The molecule has 0 aliphatic heterocycles. The van der Waals surface area contributed by atoms with E-state index in [1.807, 2.05) is 61.5 Å². The van der Waals surface area contributed by atoms with Gasteiger partial charge in [-0.3, -0.25) is 9.59 Å². The molecule has 126 valence electrons. The standard InChI is InChI=1S/C20H24N2O2/c1-16-8-6-7-11-19(16)14-21-20(24)12-13-22(17(2)23)15-18-9-4-3-5-10-18/h3-11H,12-15H2,1-2H3,(H,21,24). The lowest BCUT2D eigenvalue weighted by atomic mass is 10.1. The van der Waals surface area contributed by atoms with Crippen LogP contribution in [0.2, 0.25) is 0 Å². The minimum absolute atomic E-state index is 0.0226. The van der Waals surface area contributed by atoms with Crippen LogP contribution in [0, 0.1) is 6.92 Å². The van der Waals surface area contributed by atoms with Gasteiger partial charge in [0.15, 0.2) is 0 Å². The zero-order valence-electron chi connectivity index (χ0n) is 14.3. The third-order valence-electron chi connectivity index (χ3n) is 4.01. The van der Waals surface area contributed by atoms with Crippen LogP contribution in [0.3, 0.4) is 0 Å². The second-order valence-electron chi connectivity index (χ2n) is 5.88. The van der Waals surface area contributed by atoms with Gasteiger partial charge in [0, 0.05) is 33.0 Å². The topological polar surface area (TPSA) is 49.4 Å². The van der Waals surface area contributed by atoms with E-state index in [-0.39, 0.29) is 11.8 Å². The van der Waals surface area contributed by atoms with Crippen molar-refractivity contribution >= 4 is 11.8 Å². The Morgan fingerprint density at radius 3 is 2.33 bits per heavy atom. The lowest BCUT2D eigenvalue weighted by Gasteiger charge is -2.21. The molecule has 4 heteroatoms. The molecular weight excluding hydrogens is 300 g/mol. The van der Waals surface area contributed by atoms with Crippen LogP contribution < -0.4 is 5.32 Å². The molecule has 0 saturated carbocycles. The normalized spacial score (nSPS) is 10.2. The van der Waals surface area contributed by atoms with Crippen LogP contribution in [-0.4, -0.2) is 23.3 Å². The SMILES string of the molecule is CC(=O)N(CCC(=O)NCc1ccccc1C)Cc1ccccc1. The van der Waals surface area contributed by atoms with Gasteiger partial charge in [0.2, 0.25) is 11.8 Å². The van der Waals surface area contributed by atoms with Crippen molar-refractivity contribution in [3.8, 4) is 0 Å². The van der Waals surface area contributed by atoms with Crippen LogP contribution in [-0.2, 0) is 22.7 Å². The molecule has 2 amide bonds. The van der Waals surface area contributed by atoms with Crippen molar-refractivity contribution < 1.29 is 9.59 Å². The number of carbonyl (C=O) groups excluding carboxylic acids is 2. The van der Waals surface area contributed by atoms with Gasteiger partial charge in [0.1, 0.15) is 0 Å². The van der Waals surface area contributed by atoms with Gasteiger partial charge in [-0.05, 0) is 23.6 Å². The molecule has 0 aliphatic carbocycles. The molecule has 1 N–H and O–H groups in total. The highest BCUT2D eigenvalue weighted by Crippen LogP contribution is 2.07. The first-order chi connectivity index (χ1) is 11.6. The Morgan fingerprint density at radius 2 is 1.67 bits per heavy atom. The number of aryl methyl sites for hydroxylation is 1. The van der Waals surface area contributed by atoms with E-state index in [1.165, 1.54) is 6.92 Å². The quantitative estimate of drug-likeness (QED) is 0.851. The molecule has 0 heterocycles. The van der Waals surface area contributed by atoms with Crippen molar-refractivity contribution in [2.24, 2.45) is 0 Å². The van der Waals surface area contributed by atoms with Crippen molar-refractivity contribution in [1.82, 2.24) is 10.2 Å². The smallest absolute Gasteiger partial charge is 0.222 e. The van der Waals surface area contributed by atoms with E-state index in [4.69, 9.17) is 0 Å². The summed E-state index contributed by atoms with van der Waals surface area (Å²) >= 11 is 0. The summed E-state index contributed by atoms with van der Waals surface area (Å²) in [6.45, 7) is 5.03. The fraction of sp³-hybridized carbons (Fsp3) is 0.300. The summed E-state index contributed by atoms with van der Waals surface area (Å²) in [5, 5.41) is 2.92. The highest BCUT2D eigenvalue weighted by atomic mass is 16.2. The Bertz CT molecular complexity index is 683. The molecule has 2 aromatic carbocycles. The lowest BCUT2D eigenvalue weighted by Crippen LogP contribution is -2.33. The molecule has 0 spiro atoms. The Balaban J connectivity index is 1.82. The van der Waals surface area contributed by atoms with Crippen LogP contribution in [0.1, 0.15) is 30.0 Å². The first-order valence-electron chi connectivity index (χ1n) is 8.17. The number of amides is 2. The molecular formula is C20H24N2O2. The summed E-state index contributed by atoms with van der Waals surface area (Å²) in [6.07, 6.45) is 0.304. The monoisotopic (exact) mass is 324 g/mol. The molecule has 0 aliphatic rings. The van der Waals surface area contributed by atoms with E-state index in [1.54, 1.807) is 4.90 Å². The Hall–Kier alpha value is -2.62. The van der Waals surface area contributed by atoms with Crippen molar-refractivity contribution in [1.29, 1.82) is 0 Å². The second-order valence-corrected chi connectivity index (χ2v) is 5.88. The van der Waals surface area contributed by atoms with E-state index in [0.717, 1.165) is 16.7 Å². The maximum Gasteiger partial charge on any atom is 0.222 e. The fourth-order valence-electron chi connectivity index (χ4n) is 2.48. The van der Waals surface area contributed by atoms with Crippen LogP contribution in [0.25, 0.3) is 0 Å². The third-order valence-corrected chi connectivity index (χ3v) is 4.01. The fourth-order valence-corrected chi connectivity index (χ4v) is 2.48. The van der Waals surface area contributed by atoms with Gasteiger partial charge in [-0.2, -0.15) is 0 Å². The Kier molecular flexibility index (Phi) is 6.55. The van der Waals surface area contributed by atoms with E-state index in [2.05, 4.69) is 5.32 Å². The van der Waals surface area contributed by atoms with Crippen molar-refractivity contribution in [3.05, 3.63) is 71.3 Å². The summed E-state index contributed by atoms with van der Waals surface area (Å²) in [7, 11) is 0. The molecule has 0 saturated heterocycles. The molecule has 0 atom stereocenters. The number of benzene rings is 2. The molecule has 0 aromatic heterocycles.